The number of nitro groups is 1. The van der Waals surface area contributed by atoms with E-state index >= 15 is 0 Å². The lowest BCUT2D eigenvalue weighted by atomic mass is 10.1. The predicted molar refractivity (Wildman–Crippen MR) is 84.2 cm³/mol. The maximum absolute atomic E-state index is 13.7. The van der Waals surface area contributed by atoms with Crippen molar-refractivity contribution in [2.24, 2.45) is 0 Å². The molecule has 22 heavy (non-hydrogen) atoms. The molecule has 2 aromatic carbocycles. The third kappa shape index (κ3) is 4.02. The van der Waals surface area contributed by atoms with Crippen molar-refractivity contribution in [3.63, 3.8) is 0 Å². The first-order chi connectivity index (χ1) is 10.5. The van der Waals surface area contributed by atoms with Crippen molar-refractivity contribution >= 4 is 11.4 Å². The lowest BCUT2D eigenvalue weighted by Gasteiger charge is -2.13. The fraction of sp³-hybridized carbons (Fsp3) is 0.250. The largest absolute Gasteiger partial charge is 0.375 e. The highest BCUT2D eigenvalue weighted by molar-refractivity contribution is 5.61. The molecule has 5 nitrogen and oxygen atoms in total. The standard InChI is InChI=1S/C16H18FN3O2/c1-19(2)11-13-9-12(7-8-14(13)17)10-18-15-5-3-4-6-16(15)20(21)22/h3-9,18H,10-11H2,1-2H3. The van der Waals surface area contributed by atoms with Gasteiger partial charge in [0.05, 0.1) is 4.92 Å². The Morgan fingerprint density at radius 3 is 2.64 bits per heavy atom. The van der Waals surface area contributed by atoms with E-state index in [1.165, 1.54) is 12.1 Å². The summed E-state index contributed by atoms with van der Waals surface area (Å²) in [4.78, 5) is 12.4. The van der Waals surface area contributed by atoms with Crippen LogP contribution < -0.4 is 5.32 Å². The van der Waals surface area contributed by atoms with Crippen LogP contribution in [0.1, 0.15) is 11.1 Å². The van der Waals surface area contributed by atoms with E-state index in [1.807, 2.05) is 19.0 Å². The number of hydrogen-bond acceptors (Lipinski definition) is 4. The van der Waals surface area contributed by atoms with Crippen LogP contribution in [0.2, 0.25) is 0 Å². The van der Waals surface area contributed by atoms with Gasteiger partial charge in [-0.1, -0.05) is 18.2 Å². The molecule has 0 saturated heterocycles. The maximum Gasteiger partial charge on any atom is 0.292 e. The monoisotopic (exact) mass is 303 g/mol. The topological polar surface area (TPSA) is 58.4 Å². The van der Waals surface area contributed by atoms with Crippen LogP contribution in [0.25, 0.3) is 0 Å². The molecule has 0 saturated carbocycles. The molecule has 2 aromatic rings. The zero-order valence-electron chi connectivity index (χ0n) is 12.5. The van der Waals surface area contributed by atoms with E-state index in [0.29, 0.717) is 24.3 Å². The summed E-state index contributed by atoms with van der Waals surface area (Å²) >= 11 is 0. The highest BCUT2D eigenvalue weighted by Crippen LogP contribution is 2.24. The lowest BCUT2D eigenvalue weighted by Crippen LogP contribution is -2.12. The Morgan fingerprint density at radius 1 is 1.23 bits per heavy atom. The SMILES string of the molecule is CN(C)Cc1cc(CNc2ccccc2[N+](=O)[O-])ccc1F. The van der Waals surface area contributed by atoms with Gasteiger partial charge in [0.1, 0.15) is 11.5 Å². The molecule has 0 heterocycles. The quantitative estimate of drug-likeness (QED) is 0.656. The minimum atomic E-state index is -0.426. The second kappa shape index (κ2) is 7.00. The normalized spacial score (nSPS) is 10.7. The molecule has 0 spiro atoms. The molecule has 0 bridgehead atoms. The lowest BCUT2D eigenvalue weighted by molar-refractivity contribution is -0.384. The Bertz CT molecular complexity index is 674. The molecule has 0 radical (unpaired) electrons. The number of nitrogens with one attached hydrogen (secondary N) is 1. The van der Waals surface area contributed by atoms with Crippen LogP contribution in [0.5, 0.6) is 0 Å². The fourth-order valence-corrected chi connectivity index (χ4v) is 2.18. The highest BCUT2D eigenvalue weighted by Gasteiger charge is 2.12. The summed E-state index contributed by atoms with van der Waals surface area (Å²) in [7, 11) is 3.75. The van der Waals surface area contributed by atoms with Crippen LogP contribution in [0, 0.1) is 15.9 Å². The van der Waals surface area contributed by atoms with Crippen LogP contribution in [0.15, 0.2) is 42.5 Å². The number of anilines is 1. The molecule has 2 rings (SSSR count). The van der Waals surface area contributed by atoms with Crippen LogP contribution in [-0.2, 0) is 13.1 Å². The zero-order chi connectivity index (χ0) is 16.1. The van der Waals surface area contributed by atoms with Gasteiger partial charge < -0.3 is 10.2 Å². The predicted octanol–water partition coefficient (Wildman–Crippen LogP) is 3.41. The first-order valence-electron chi connectivity index (χ1n) is 6.86. The van der Waals surface area contributed by atoms with Gasteiger partial charge in [0.2, 0.25) is 0 Å². The Hall–Kier alpha value is -2.47. The molecule has 0 aromatic heterocycles. The summed E-state index contributed by atoms with van der Waals surface area (Å²) in [5.41, 5.74) is 1.95. The Morgan fingerprint density at radius 2 is 1.95 bits per heavy atom. The van der Waals surface area contributed by atoms with Crippen molar-refractivity contribution in [3.05, 3.63) is 69.5 Å². The molecule has 0 atom stereocenters. The molecule has 0 unspecified atom stereocenters. The summed E-state index contributed by atoms with van der Waals surface area (Å²) in [6.07, 6.45) is 0. The zero-order valence-corrected chi connectivity index (χ0v) is 12.5. The van der Waals surface area contributed by atoms with Crippen molar-refractivity contribution in [3.8, 4) is 0 Å². The van der Waals surface area contributed by atoms with E-state index < -0.39 is 4.92 Å². The van der Waals surface area contributed by atoms with E-state index in [4.69, 9.17) is 0 Å². The average Bonchev–Trinajstić information content (AvgIpc) is 2.47. The average molecular weight is 303 g/mol. The summed E-state index contributed by atoms with van der Waals surface area (Å²) in [6, 6.07) is 11.3. The number of nitro benzene ring substituents is 1. The molecule has 0 amide bonds. The van der Waals surface area contributed by atoms with E-state index in [1.54, 1.807) is 30.3 Å². The van der Waals surface area contributed by atoms with Crippen molar-refractivity contribution in [2.45, 2.75) is 13.1 Å². The van der Waals surface area contributed by atoms with Crippen molar-refractivity contribution in [2.75, 3.05) is 19.4 Å². The van der Waals surface area contributed by atoms with E-state index in [2.05, 4.69) is 5.32 Å². The van der Waals surface area contributed by atoms with Gasteiger partial charge in [-0.05, 0) is 37.9 Å². The van der Waals surface area contributed by atoms with Crippen LogP contribution in [0.4, 0.5) is 15.8 Å². The van der Waals surface area contributed by atoms with Crippen molar-refractivity contribution < 1.29 is 9.31 Å². The van der Waals surface area contributed by atoms with Crippen LogP contribution in [-0.4, -0.2) is 23.9 Å². The van der Waals surface area contributed by atoms with Crippen molar-refractivity contribution in [1.29, 1.82) is 0 Å². The van der Waals surface area contributed by atoms with Gasteiger partial charge in [-0.2, -0.15) is 0 Å². The van der Waals surface area contributed by atoms with Gasteiger partial charge >= 0.3 is 0 Å². The molecular formula is C16H18FN3O2. The minimum Gasteiger partial charge on any atom is -0.375 e. The van der Waals surface area contributed by atoms with Gasteiger partial charge in [-0.25, -0.2) is 4.39 Å². The van der Waals surface area contributed by atoms with Gasteiger partial charge in [0.15, 0.2) is 0 Å². The number of halogens is 1. The number of benzene rings is 2. The van der Waals surface area contributed by atoms with Gasteiger partial charge in [-0.3, -0.25) is 10.1 Å². The molecule has 0 aliphatic rings. The van der Waals surface area contributed by atoms with E-state index in [0.717, 1.165) is 5.56 Å². The molecular weight excluding hydrogens is 285 g/mol. The summed E-state index contributed by atoms with van der Waals surface area (Å²) in [6.45, 7) is 0.900. The maximum atomic E-state index is 13.7. The number of para-hydroxylation sites is 2. The molecule has 0 fully saturated rings. The summed E-state index contributed by atoms with van der Waals surface area (Å²) < 4.78 is 13.7. The Labute approximate surface area is 128 Å². The second-order valence-corrected chi connectivity index (χ2v) is 5.29. The highest BCUT2D eigenvalue weighted by atomic mass is 19.1. The summed E-state index contributed by atoms with van der Waals surface area (Å²) in [5.74, 6) is -0.247. The smallest absolute Gasteiger partial charge is 0.292 e. The second-order valence-electron chi connectivity index (χ2n) is 5.29. The van der Waals surface area contributed by atoms with E-state index in [9.17, 15) is 14.5 Å². The fourth-order valence-electron chi connectivity index (χ4n) is 2.18. The number of hydrogen-bond donors (Lipinski definition) is 1. The third-order valence-electron chi connectivity index (χ3n) is 3.18. The van der Waals surface area contributed by atoms with Crippen LogP contribution >= 0.6 is 0 Å². The number of nitrogens with zero attached hydrogens (tertiary/aromatic N) is 2. The first-order valence-corrected chi connectivity index (χ1v) is 6.86. The molecule has 0 aliphatic heterocycles. The number of rotatable bonds is 6. The van der Waals surface area contributed by atoms with E-state index in [-0.39, 0.29) is 11.5 Å². The summed E-state index contributed by atoms with van der Waals surface area (Å²) in [5, 5.41) is 14.0. The third-order valence-corrected chi connectivity index (χ3v) is 3.18. The molecule has 116 valence electrons. The van der Waals surface area contributed by atoms with Gasteiger partial charge in [0.25, 0.3) is 5.69 Å². The van der Waals surface area contributed by atoms with Crippen LogP contribution in [0.3, 0.4) is 0 Å². The van der Waals surface area contributed by atoms with Gasteiger partial charge in [0, 0.05) is 24.7 Å². The first kappa shape index (κ1) is 15.9. The molecule has 1 N–H and O–H groups in total. The molecule has 6 heteroatoms. The minimum absolute atomic E-state index is 0.0260. The molecule has 0 aliphatic carbocycles. The van der Waals surface area contributed by atoms with Crippen molar-refractivity contribution in [1.82, 2.24) is 4.90 Å². The Balaban J connectivity index is 2.14. The van der Waals surface area contributed by atoms with Gasteiger partial charge in [-0.15, -0.1) is 0 Å². The Kier molecular flexibility index (Phi) is 5.06.